The highest BCUT2D eigenvalue weighted by Crippen LogP contribution is 2.25. The summed E-state index contributed by atoms with van der Waals surface area (Å²) in [7, 11) is 0. The number of carbonyl (C=O) groups is 1. The van der Waals surface area contributed by atoms with Crippen LogP contribution in [0.4, 0.5) is 0 Å². The number of nitrogens with zero attached hydrogens (tertiary/aromatic N) is 1. The van der Waals surface area contributed by atoms with Crippen molar-refractivity contribution in [2.24, 2.45) is 0 Å². The van der Waals surface area contributed by atoms with Crippen molar-refractivity contribution in [1.29, 1.82) is 0 Å². The molecular weight excluding hydrogens is 302 g/mol. The van der Waals surface area contributed by atoms with Gasteiger partial charge in [-0.1, -0.05) is 27.5 Å². The van der Waals surface area contributed by atoms with Gasteiger partial charge in [0.15, 0.2) is 0 Å². The first-order chi connectivity index (χ1) is 8.09. The van der Waals surface area contributed by atoms with Gasteiger partial charge >= 0.3 is 0 Å². The number of rotatable bonds is 1. The summed E-state index contributed by atoms with van der Waals surface area (Å²) in [5.41, 5.74) is 0.592. The summed E-state index contributed by atoms with van der Waals surface area (Å²) in [6, 6.07) is 5.71. The summed E-state index contributed by atoms with van der Waals surface area (Å²) < 4.78 is 0.884. The summed E-state index contributed by atoms with van der Waals surface area (Å²) in [4.78, 5) is 14.3. The smallest absolute Gasteiger partial charge is 0.255 e. The van der Waals surface area contributed by atoms with Crippen molar-refractivity contribution in [1.82, 2.24) is 4.90 Å². The van der Waals surface area contributed by atoms with E-state index in [0.29, 0.717) is 16.6 Å². The molecule has 92 valence electrons. The van der Waals surface area contributed by atoms with Crippen LogP contribution >= 0.6 is 27.5 Å². The highest BCUT2D eigenvalue weighted by molar-refractivity contribution is 9.10. The molecule has 1 heterocycles. The molecule has 0 aliphatic carbocycles. The number of benzene rings is 1. The van der Waals surface area contributed by atoms with E-state index in [1.807, 2.05) is 11.0 Å². The summed E-state index contributed by atoms with van der Waals surface area (Å²) in [6.07, 6.45) is 3.37. The fourth-order valence-electron chi connectivity index (χ4n) is 2.22. The predicted molar refractivity (Wildman–Crippen MR) is 73.5 cm³/mol. The largest absolute Gasteiger partial charge is 0.336 e. The number of likely N-dealkylation sites (tertiary alicyclic amines) is 1. The number of piperidine rings is 1. The lowest BCUT2D eigenvalue weighted by Gasteiger charge is -2.33. The molecule has 1 amide bonds. The van der Waals surface area contributed by atoms with Crippen LogP contribution in [0.1, 0.15) is 36.5 Å². The van der Waals surface area contributed by atoms with E-state index in [4.69, 9.17) is 11.6 Å². The summed E-state index contributed by atoms with van der Waals surface area (Å²) in [6.45, 7) is 2.94. The lowest BCUT2D eigenvalue weighted by atomic mass is 10.0. The second kappa shape index (κ2) is 5.40. The Hall–Kier alpha value is -0.540. The molecule has 1 fully saturated rings. The molecule has 1 aromatic carbocycles. The summed E-state index contributed by atoms with van der Waals surface area (Å²) >= 11 is 9.46. The molecule has 0 bridgehead atoms. The van der Waals surface area contributed by atoms with Crippen LogP contribution in [0, 0.1) is 0 Å². The van der Waals surface area contributed by atoms with Crippen LogP contribution in [0.3, 0.4) is 0 Å². The van der Waals surface area contributed by atoms with E-state index >= 15 is 0 Å². The van der Waals surface area contributed by atoms with Gasteiger partial charge in [0.25, 0.3) is 5.91 Å². The van der Waals surface area contributed by atoms with E-state index in [9.17, 15) is 4.79 Å². The number of hydrogen-bond donors (Lipinski definition) is 0. The Labute approximate surface area is 115 Å². The van der Waals surface area contributed by atoms with E-state index in [1.165, 1.54) is 6.42 Å². The lowest BCUT2D eigenvalue weighted by molar-refractivity contribution is 0.0636. The normalized spacial score (nSPS) is 20.4. The Balaban J connectivity index is 2.26. The number of carbonyl (C=O) groups excluding carboxylic acids is 1. The van der Waals surface area contributed by atoms with Gasteiger partial charge in [0.2, 0.25) is 0 Å². The molecule has 4 heteroatoms. The van der Waals surface area contributed by atoms with Crippen molar-refractivity contribution in [3.63, 3.8) is 0 Å². The summed E-state index contributed by atoms with van der Waals surface area (Å²) in [5, 5.41) is 0.524. The maximum absolute atomic E-state index is 12.4. The van der Waals surface area contributed by atoms with Crippen molar-refractivity contribution >= 4 is 33.4 Å². The van der Waals surface area contributed by atoms with Gasteiger partial charge in [-0.2, -0.15) is 0 Å². The zero-order valence-electron chi connectivity index (χ0n) is 9.75. The third-order valence-electron chi connectivity index (χ3n) is 3.22. The zero-order valence-corrected chi connectivity index (χ0v) is 12.1. The minimum atomic E-state index is 0.0449. The molecule has 1 aromatic rings. The Morgan fingerprint density at radius 1 is 1.47 bits per heavy atom. The molecule has 0 radical (unpaired) electrons. The fourth-order valence-corrected chi connectivity index (χ4v) is 2.78. The Morgan fingerprint density at radius 3 is 2.94 bits per heavy atom. The lowest BCUT2D eigenvalue weighted by Crippen LogP contribution is -2.42. The van der Waals surface area contributed by atoms with E-state index < -0.39 is 0 Å². The Bertz CT molecular complexity index is 435. The molecule has 1 saturated heterocycles. The van der Waals surface area contributed by atoms with Gasteiger partial charge in [0, 0.05) is 17.1 Å². The van der Waals surface area contributed by atoms with Gasteiger partial charge in [-0.15, -0.1) is 0 Å². The highest BCUT2D eigenvalue weighted by Gasteiger charge is 2.25. The summed E-state index contributed by atoms with van der Waals surface area (Å²) in [5.74, 6) is 0.0449. The van der Waals surface area contributed by atoms with Crippen molar-refractivity contribution in [2.45, 2.75) is 32.2 Å². The van der Waals surface area contributed by atoms with Gasteiger partial charge in [0.1, 0.15) is 0 Å². The SMILES string of the molecule is C[C@H]1CCCCN1C(=O)c1cc(Br)ccc1Cl. The molecule has 2 rings (SSSR count). The molecular formula is C13H15BrClNO. The first-order valence-electron chi connectivity index (χ1n) is 5.85. The monoisotopic (exact) mass is 315 g/mol. The van der Waals surface area contributed by atoms with Crippen LogP contribution in [0.5, 0.6) is 0 Å². The Kier molecular flexibility index (Phi) is 4.10. The highest BCUT2D eigenvalue weighted by atomic mass is 79.9. The van der Waals surface area contributed by atoms with Crippen LogP contribution < -0.4 is 0 Å². The van der Waals surface area contributed by atoms with Crippen molar-refractivity contribution in [3.05, 3.63) is 33.3 Å². The van der Waals surface area contributed by atoms with Crippen LogP contribution in [-0.4, -0.2) is 23.4 Å². The molecule has 1 aliphatic rings. The minimum Gasteiger partial charge on any atom is -0.336 e. The number of hydrogen-bond acceptors (Lipinski definition) is 1. The molecule has 1 aliphatic heterocycles. The Morgan fingerprint density at radius 2 is 2.24 bits per heavy atom. The third-order valence-corrected chi connectivity index (χ3v) is 4.05. The molecule has 0 unspecified atom stereocenters. The van der Waals surface area contributed by atoms with Crippen LogP contribution in [0.25, 0.3) is 0 Å². The van der Waals surface area contributed by atoms with Crippen molar-refractivity contribution < 1.29 is 4.79 Å². The van der Waals surface area contributed by atoms with Crippen LogP contribution in [-0.2, 0) is 0 Å². The van der Waals surface area contributed by atoms with Gasteiger partial charge in [-0.3, -0.25) is 4.79 Å². The van der Waals surface area contributed by atoms with Gasteiger partial charge in [-0.05, 0) is 44.4 Å². The van der Waals surface area contributed by atoms with E-state index in [1.54, 1.807) is 12.1 Å². The quantitative estimate of drug-likeness (QED) is 0.763. The second-order valence-electron chi connectivity index (χ2n) is 4.47. The maximum atomic E-state index is 12.4. The second-order valence-corrected chi connectivity index (χ2v) is 5.79. The average Bonchev–Trinajstić information content (AvgIpc) is 2.32. The zero-order chi connectivity index (χ0) is 12.4. The standard InChI is InChI=1S/C13H15BrClNO/c1-9-4-2-3-7-16(9)13(17)11-8-10(14)5-6-12(11)15/h5-6,8-9H,2-4,7H2,1H3/t9-/m0/s1. The first kappa shape index (κ1) is 12.9. The molecule has 0 aromatic heterocycles. The minimum absolute atomic E-state index is 0.0449. The number of halogens is 2. The topological polar surface area (TPSA) is 20.3 Å². The first-order valence-corrected chi connectivity index (χ1v) is 7.02. The number of amides is 1. The molecule has 2 nitrogen and oxygen atoms in total. The third kappa shape index (κ3) is 2.83. The predicted octanol–water partition coefficient (Wildman–Crippen LogP) is 4.12. The van der Waals surface area contributed by atoms with Gasteiger partial charge in [-0.25, -0.2) is 0 Å². The molecule has 1 atom stereocenters. The molecule has 0 spiro atoms. The van der Waals surface area contributed by atoms with E-state index in [2.05, 4.69) is 22.9 Å². The van der Waals surface area contributed by atoms with Crippen molar-refractivity contribution in [3.8, 4) is 0 Å². The van der Waals surface area contributed by atoms with E-state index in [-0.39, 0.29) is 5.91 Å². The molecule has 0 saturated carbocycles. The van der Waals surface area contributed by atoms with Gasteiger partial charge in [0.05, 0.1) is 10.6 Å². The van der Waals surface area contributed by atoms with E-state index in [0.717, 1.165) is 23.9 Å². The van der Waals surface area contributed by atoms with Gasteiger partial charge < -0.3 is 4.90 Å². The molecule has 0 N–H and O–H groups in total. The fraction of sp³-hybridized carbons (Fsp3) is 0.462. The molecule has 17 heavy (non-hydrogen) atoms. The van der Waals surface area contributed by atoms with Crippen molar-refractivity contribution in [2.75, 3.05) is 6.54 Å². The van der Waals surface area contributed by atoms with Crippen LogP contribution in [0.2, 0.25) is 5.02 Å². The average molecular weight is 317 g/mol. The van der Waals surface area contributed by atoms with Crippen LogP contribution in [0.15, 0.2) is 22.7 Å². The maximum Gasteiger partial charge on any atom is 0.255 e.